The number of hydrogen-bond acceptors (Lipinski definition) is 6. The van der Waals surface area contributed by atoms with Crippen molar-refractivity contribution < 1.29 is 19.2 Å². The van der Waals surface area contributed by atoms with Crippen LogP contribution >= 0.6 is 12.2 Å². The van der Waals surface area contributed by atoms with Gasteiger partial charge < -0.3 is 19.7 Å². The van der Waals surface area contributed by atoms with E-state index >= 15 is 0 Å². The van der Waals surface area contributed by atoms with E-state index in [1.165, 1.54) is 26.4 Å². The van der Waals surface area contributed by atoms with Gasteiger partial charge in [0.15, 0.2) is 10.9 Å². The Kier molecular flexibility index (Phi) is 7.09. The van der Waals surface area contributed by atoms with Gasteiger partial charge in [0.1, 0.15) is 5.75 Å². The van der Waals surface area contributed by atoms with Crippen molar-refractivity contribution >= 4 is 28.8 Å². The van der Waals surface area contributed by atoms with Crippen LogP contribution in [0.1, 0.15) is 42.2 Å². The second-order valence-electron chi connectivity index (χ2n) is 7.25. The number of ketones is 1. The minimum atomic E-state index is -0.733. The molecular formula is C23H25N3O5S. The molecule has 0 aliphatic carbocycles. The summed E-state index contributed by atoms with van der Waals surface area (Å²) in [5, 5.41) is 15.3. The monoisotopic (exact) mass is 455 g/mol. The molecule has 0 amide bonds. The molecule has 0 saturated heterocycles. The summed E-state index contributed by atoms with van der Waals surface area (Å²) in [6.45, 7) is 4.50. The number of nitrogens with zero attached hydrogens (tertiary/aromatic N) is 2. The number of nitro benzene ring substituents is 1. The van der Waals surface area contributed by atoms with Gasteiger partial charge >= 0.3 is 5.69 Å². The Morgan fingerprint density at radius 3 is 2.41 bits per heavy atom. The standard InChI is InChI=1S/C23H25N3O5S/c1-5-11-25-14(2)20(22(27)15-9-7-6-8-10-15)21(24-23(25)32)16-12-17(26(28)29)19(31-4)13-18(16)30-3/h6-10,12-13,21H,5,11H2,1-4H3,(H,24,32). The molecule has 1 aliphatic rings. The fourth-order valence-electron chi connectivity index (χ4n) is 3.82. The van der Waals surface area contributed by atoms with Crippen LogP contribution in [-0.4, -0.2) is 41.5 Å². The zero-order valence-electron chi connectivity index (χ0n) is 18.4. The van der Waals surface area contributed by atoms with Crippen LogP contribution in [0.3, 0.4) is 0 Å². The van der Waals surface area contributed by atoms with E-state index in [2.05, 4.69) is 5.32 Å². The van der Waals surface area contributed by atoms with Crippen LogP contribution in [0.4, 0.5) is 5.69 Å². The van der Waals surface area contributed by atoms with Gasteiger partial charge in [0, 0.05) is 41.1 Å². The Morgan fingerprint density at radius 2 is 1.84 bits per heavy atom. The molecule has 8 nitrogen and oxygen atoms in total. The Morgan fingerprint density at radius 1 is 1.19 bits per heavy atom. The second-order valence-corrected chi connectivity index (χ2v) is 7.64. The molecule has 2 aromatic rings. The van der Waals surface area contributed by atoms with Crippen molar-refractivity contribution in [1.82, 2.24) is 10.2 Å². The SMILES string of the molecule is CCCN1C(=S)NC(c2cc([N+](=O)[O-])c(OC)cc2OC)C(C(=O)c2ccccc2)=C1C. The number of thiocarbonyl (C=S) groups is 1. The zero-order valence-corrected chi connectivity index (χ0v) is 19.2. The number of methoxy groups -OCH3 is 2. The van der Waals surface area contributed by atoms with Gasteiger partial charge in [-0.15, -0.1) is 0 Å². The number of nitrogens with one attached hydrogen (secondary N) is 1. The van der Waals surface area contributed by atoms with Gasteiger partial charge in [-0.1, -0.05) is 37.3 Å². The molecule has 0 aromatic heterocycles. The van der Waals surface area contributed by atoms with E-state index in [9.17, 15) is 14.9 Å². The third kappa shape index (κ3) is 4.29. The topological polar surface area (TPSA) is 93.9 Å². The minimum Gasteiger partial charge on any atom is -0.496 e. The number of ether oxygens (including phenoxy) is 2. The van der Waals surface area contributed by atoms with Crippen LogP contribution in [0.25, 0.3) is 0 Å². The molecule has 0 bridgehead atoms. The normalized spacial score (nSPS) is 15.9. The lowest BCUT2D eigenvalue weighted by Crippen LogP contribution is -2.48. The zero-order chi connectivity index (χ0) is 23.4. The van der Waals surface area contributed by atoms with Gasteiger partial charge in [0.25, 0.3) is 0 Å². The summed E-state index contributed by atoms with van der Waals surface area (Å²) >= 11 is 5.59. The van der Waals surface area contributed by atoms with E-state index < -0.39 is 11.0 Å². The Bertz CT molecular complexity index is 1080. The van der Waals surface area contributed by atoms with Gasteiger partial charge in [0.05, 0.1) is 25.2 Å². The Hall–Kier alpha value is -3.46. The number of benzene rings is 2. The van der Waals surface area contributed by atoms with Crippen LogP contribution in [-0.2, 0) is 0 Å². The first-order valence-electron chi connectivity index (χ1n) is 10.1. The first-order chi connectivity index (χ1) is 15.3. The third-order valence-corrected chi connectivity index (χ3v) is 5.70. The van der Waals surface area contributed by atoms with Crippen molar-refractivity contribution in [2.75, 3.05) is 20.8 Å². The van der Waals surface area contributed by atoms with Gasteiger partial charge in [-0.3, -0.25) is 14.9 Å². The smallest absolute Gasteiger partial charge is 0.311 e. The second kappa shape index (κ2) is 9.78. The van der Waals surface area contributed by atoms with Gasteiger partial charge in [-0.2, -0.15) is 0 Å². The highest BCUT2D eigenvalue weighted by molar-refractivity contribution is 7.80. The molecule has 0 fully saturated rings. The van der Waals surface area contributed by atoms with Crippen molar-refractivity contribution in [2.24, 2.45) is 0 Å². The average Bonchev–Trinajstić information content (AvgIpc) is 2.80. The number of Topliss-reactive ketones (excluding diaryl/α,β-unsaturated/α-hetero) is 1. The van der Waals surface area contributed by atoms with Crippen molar-refractivity contribution in [3.05, 3.63) is 75.0 Å². The number of hydrogen-bond donors (Lipinski definition) is 1. The van der Waals surface area contributed by atoms with Crippen LogP contribution in [0.2, 0.25) is 0 Å². The molecule has 0 spiro atoms. The molecule has 2 aromatic carbocycles. The molecule has 32 heavy (non-hydrogen) atoms. The van der Waals surface area contributed by atoms with Crippen LogP contribution in [0, 0.1) is 10.1 Å². The first kappa shape index (κ1) is 23.2. The summed E-state index contributed by atoms with van der Waals surface area (Å²) in [5.41, 5.74) is 1.87. The van der Waals surface area contributed by atoms with Crippen LogP contribution in [0.15, 0.2) is 53.7 Å². The quantitative estimate of drug-likeness (QED) is 0.271. The average molecular weight is 456 g/mol. The molecule has 1 unspecified atom stereocenters. The summed E-state index contributed by atoms with van der Waals surface area (Å²) in [4.78, 5) is 26.6. The highest BCUT2D eigenvalue weighted by atomic mass is 32.1. The molecule has 1 heterocycles. The largest absolute Gasteiger partial charge is 0.496 e. The lowest BCUT2D eigenvalue weighted by atomic mass is 9.88. The molecule has 3 rings (SSSR count). The van der Waals surface area contributed by atoms with Crippen LogP contribution < -0.4 is 14.8 Å². The van der Waals surface area contributed by atoms with Gasteiger partial charge in [0.2, 0.25) is 5.75 Å². The summed E-state index contributed by atoms with van der Waals surface area (Å²) in [5.74, 6) is 0.228. The molecule has 0 saturated carbocycles. The maximum Gasteiger partial charge on any atom is 0.311 e. The number of allylic oxidation sites excluding steroid dienone is 1. The van der Waals surface area contributed by atoms with E-state index in [1.54, 1.807) is 24.3 Å². The highest BCUT2D eigenvalue weighted by Crippen LogP contribution is 2.42. The lowest BCUT2D eigenvalue weighted by molar-refractivity contribution is -0.385. The van der Waals surface area contributed by atoms with E-state index in [0.717, 1.165) is 6.42 Å². The van der Waals surface area contributed by atoms with E-state index in [1.807, 2.05) is 24.8 Å². The van der Waals surface area contributed by atoms with Gasteiger partial charge in [-0.25, -0.2) is 0 Å². The van der Waals surface area contributed by atoms with Crippen molar-refractivity contribution in [3.63, 3.8) is 0 Å². The molecule has 9 heteroatoms. The first-order valence-corrected chi connectivity index (χ1v) is 10.5. The maximum atomic E-state index is 13.6. The van der Waals surface area contributed by atoms with Crippen molar-refractivity contribution in [1.29, 1.82) is 0 Å². The van der Waals surface area contributed by atoms with Crippen LogP contribution in [0.5, 0.6) is 11.5 Å². The predicted molar refractivity (Wildman–Crippen MR) is 125 cm³/mol. The molecule has 168 valence electrons. The number of carbonyl (C=O) groups is 1. The summed E-state index contributed by atoms with van der Waals surface area (Å²) in [6.07, 6.45) is 0.827. The minimum absolute atomic E-state index is 0.0678. The molecule has 1 atom stereocenters. The Balaban J connectivity index is 2.26. The van der Waals surface area contributed by atoms with E-state index in [4.69, 9.17) is 21.7 Å². The fourth-order valence-corrected chi connectivity index (χ4v) is 4.17. The summed E-state index contributed by atoms with van der Waals surface area (Å²) in [6, 6.07) is 11.0. The lowest BCUT2D eigenvalue weighted by Gasteiger charge is -2.38. The van der Waals surface area contributed by atoms with E-state index in [0.29, 0.717) is 39.8 Å². The van der Waals surface area contributed by atoms with Crippen molar-refractivity contribution in [2.45, 2.75) is 26.3 Å². The molecule has 1 N–H and O–H groups in total. The molecule has 1 aliphatic heterocycles. The fraction of sp³-hybridized carbons (Fsp3) is 0.304. The van der Waals surface area contributed by atoms with E-state index in [-0.39, 0.29) is 17.2 Å². The van der Waals surface area contributed by atoms with Gasteiger partial charge in [-0.05, 0) is 25.6 Å². The summed E-state index contributed by atoms with van der Waals surface area (Å²) < 4.78 is 10.7. The van der Waals surface area contributed by atoms with Crippen molar-refractivity contribution in [3.8, 4) is 11.5 Å². The maximum absolute atomic E-state index is 13.6. The third-order valence-electron chi connectivity index (χ3n) is 5.36. The summed E-state index contributed by atoms with van der Waals surface area (Å²) in [7, 11) is 2.82. The number of rotatable bonds is 8. The number of carbonyl (C=O) groups excluding carboxylic acids is 1. The number of nitro groups is 1. The predicted octanol–water partition coefficient (Wildman–Crippen LogP) is 4.41. The highest BCUT2D eigenvalue weighted by Gasteiger charge is 2.37. The molecule has 0 radical (unpaired) electrons. The molecular weight excluding hydrogens is 430 g/mol. The Labute approximate surface area is 192 Å².